The lowest BCUT2D eigenvalue weighted by molar-refractivity contribution is -0.156. The molecule has 1 saturated carbocycles. The highest BCUT2D eigenvalue weighted by Crippen LogP contribution is 2.28. The molecule has 3 heteroatoms. The molecule has 0 amide bonds. The maximum atomic E-state index is 12.9. The number of rotatable bonds is 3. The van der Waals surface area contributed by atoms with Gasteiger partial charge >= 0.3 is 5.97 Å². The summed E-state index contributed by atoms with van der Waals surface area (Å²) in [6.45, 7) is 3.65. The number of halogens is 1. The number of hydrogen-bond acceptors (Lipinski definition) is 2. The van der Waals surface area contributed by atoms with Gasteiger partial charge in [0.1, 0.15) is 11.9 Å². The quantitative estimate of drug-likeness (QED) is 0.772. The lowest BCUT2D eigenvalue weighted by atomic mass is 9.84. The molecule has 0 saturated heterocycles. The minimum absolute atomic E-state index is 0.0565. The number of hydrogen-bond donors (Lipinski definition) is 0. The van der Waals surface area contributed by atoms with Crippen LogP contribution in [0.3, 0.4) is 0 Å². The zero-order chi connectivity index (χ0) is 13.9. The highest BCUT2D eigenvalue weighted by atomic mass is 19.1. The number of benzene rings is 1. The molecule has 1 aliphatic rings. The summed E-state index contributed by atoms with van der Waals surface area (Å²) in [7, 11) is 0. The van der Waals surface area contributed by atoms with Gasteiger partial charge in [0.25, 0.3) is 0 Å². The molecule has 1 aromatic rings. The number of ether oxygens (including phenoxy) is 1. The first kappa shape index (κ1) is 14.0. The highest BCUT2D eigenvalue weighted by molar-refractivity contribution is 5.82. The molecule has 0 bridgehead atoms. The van der Waals surface area contributed by atoms with Crippen LogP contribution in [0.15, 0.2) is 24.3 Å². The van der Waals surface area contributed by atoms with Gasteiger partial charge in [0.05, 0.1) is 5.41 Å². The van der Waals surface area contributed by atoms with Crippen LogP contribution in [0.25, 0.3) is 0 Å². The smallest absolute Gasteiger partial charge is 0.316 e. The van der Waals surface area contributed by atoms with Crippen LogP contribution in [-0.4, -0.2) is 12.1 Å². The van der Waals surface area contributed by atoms with E-state index in [1.807, 2.05) is 13.8 Å². The zero-order valence-corrected chi connectivity index (χ0v) is 11.6. The van der Waals surface area contributed by atoms with Gasteiger partial charge in [0.2, 0.25) is 0 Å². The summed E-state index contributed by atoms with van der Waals surface area (Å²) >= 11 is 0. The van der Waals surface area contributed by atoms with Crippen molar-refractivity contribution in [2.75, 3.05) is 0 Å². The van der Waals surface area contributed by atoms with Crippen LogP contribution in [0.4, 0.5) is 4.39 Å². The van der Waals surface area contributed by atoms with Crippen LogP contribution in [0.2, 0.25) is 0 Å². The molecular formula is C16H21FO2. The van der Waals surface area contributed by atoms with Gasteiger partial charge in [-0.3, -0.25) is 4.79 Å². The van der Waals surface area contributed by atoms with Gasteiger partial charge in [-0.2, -0.15) is 0 Å². The second kappa shape index (κ2) is 5.72. The summed E-state index contributed by atoms with van der Waals surface area (Å²) in [5, 5.41) is 0. The highest BCUT2D eigenvalue weighted by Gasteiger charge is 2.33. The van der Waals surface area contributed by atoms with E-state index in [-0.39, 0.29) is 17.9 Å². The third-order valence-electron chi connectivity index (χ3n) is 3.90. The zero-order valence-electron chi connectivity index (χ0n) is 11.6. The van der Waals surface area contributed by atoms with Crippen LogP contribution in [0, 0.1) is 5.82 Å². The fourth-order valence-corrected chi connectivity index (χ4v) is 2.47. The van der Waals surface area contributed by atoms with Crippen molar-refractivity contribution >= 4 is 5.97 Å². The first-order chi connectivity index (χ1) is 9.00. The molecule has 104 valence electrons. The van der Waals surface area contributed by atoms with Gasteiger partial charge in [-0.1, -0.05) is 18.6 Å². The molecule has 0 spiro atoms. The molecule has 1 aliphatic carbocycles. The Hall–Kier alpha value is -1.38. The van der Waals surface area contributed by atoms with E-state index >= 15 is 0 Å². The van der Waals surface area contributed by atoms with Crippen LogP contribution in [0.1, 0.15) is 51.5 Å². The molecule has 0 aliphatic heterocycles. The number of carbonyl (C=O) groups excluding carboxylic acids is 1. The van der Waals surface area contributed by atoms with Gasteiger partial charge in [-0.25, -0.2) is 4.39 Å². The van der Waals surface area contributed by atoms with Crippen molar-refractivity contribution in [1.82, 2.24) is 0 Å². The van der Waals surface area contributed by atoms with Crippen molar-refractivity contribution in [2.45, 2.75) is 57.5 Å². The Kier molecular flexibility index (Phi) is 4.23. The molecule has 1 aromatic carbocycles. The first-order valence-corrected chi connectivity index (χ1v) is 6.97. The number of carbonyl (C=O) groups is 1. The Morgan fingerprint density at radius 1 is 1.16 bits per heavy atom. The Bertz CT molecular complexity index is 431. The van der Waals surface area contributed by atoms with Crippen LogP contribution >= 0.6 is 0 Å². The molecule has 1 fully saturated rings. The second-order valence-corrected chi connectivity index (χ2v) is 5.80. The molecule has 0 unspecified atom stereocenters. The van der Waals surface area contributed by atoms with Gasteiger partial charge in [0, 0.05) is 0 Å². The largest absolute Gasteiger partial charge is 0.462 e. The summed E-state index contributed by atoms with van der Waals surface area (Å²) < 4.78 is 18.5. The van der Waals surface area contributed by atoms with Crippen LogP contribution in [0.5, 0.6) is 0 Å². The monoisotopic (exact) mass is 264 g/mol. The molecule has 0 radical (unpaired) electrons. The molecule has 0 aromatic heterocycles. The lowest BCUT2D eigenvalue weighted by Gasteiger charge is -2.28. The fraction of sp³-hybridized carbons (Fsp3) is 0.562. The predicted molar refractivity (Wildman–Crippen MR) is 72.4 cm³/mol. The van der Waals surface area contributed by atoms with Crippen molar-refractivity contribution < 1.29 is 13.9 Å². The van der Waals surface area contributed by atoms with Crippen molar-refractivity contribution in [2.24, 2.45) is 0 Å². The topological polar surface area (TPSA) is 26.3 Å². The minimum Gasteiger partial charge on any atom is -0.462 e. The Morgan fingerprint density at radius 2 is 1.74 bits per heavy atom. The Balaban J connectivity index is 2.05. The average molecular weight is 264 g/mol. The standard InChI is InChI=1S/C16H21FO2/c1-16(2,12-8-10-13(17)11-9-12)15(18)19-14-6-4-3-5-7-14/h8-11,14H,3-7H2,1-2H3. The third kappa shape index (κ3) is 3.34. The SMILES string of the molecule is CC(C)(C(=O)OC1CCCCC1)c1ccc(F)cc1. The molecular weight excluding hydrogens is 243 g/mol. The third-order valence-corrected chi connectivity index (χ3v) is 3.90. The predicted octanol–water partition coefficient (Wildman–Crippen LogP) is 3.98. The van der Waals surface area contributed by atoms with Gasteiger partial charge in [-0.05, 0) is 57.2 Å². The number of esters is 1. The van der Waals surface area contributed by atoms with Gasteiger partial charge < -0.3 is 4.74 Å². The molecule has 2 nitrogen and oxygen atoms in total. The Labute approximate surface area is 114 Å². The molecule has 0 N–H and O–H groups in total. The van der Waals surface area contributed by atoms with Crippen molar-refractivity contribution in [3.8, 4) is 0 Å². The summed E-state index contributed by atoms with van der Waals surface area (Å²) in [5.74, 6) is -0.508. The lowest BCUT2D eigenvalue weighted by Crippen LogP contribution is -2.34. The van der Waals surface area contributed by atoms with E-state index in [0.717, 1.165) is 31.2 Å². The average Bonchev–Trinajstić information content (AvgIpc) is 2.40. The maximum absolute atomic E-state index is 12.9. The molecule has 19 heavy (non-hydrogen) atoms. The van der Waals surface area contributed by atoms with E-state index in [1.54, 1.807) is 12.1 Å². The van der Waals surface area contributed by atoms with E-state index in [2.05, 4.69) is 0 Å². The molecule has 0 atom stereocenters. The van der Waals surface area contributed by atoms with Crippen molar-refractivity contribution in [3.63, 3.8) is 0 Å². The van der Waals surface area contributed by atoms with E-state index in [9.17, 15) is 9.18 Å². The van der Waals surface area contributed by atoms with E-state index < -0.39 is 5.41 Å². The van der Waals surface area contributed by atoms with Gasteiger partial charge in [-0.15, -0.1) is 0 Å². The van der Waals surface area contributed by atoms with Crippen molar-refractivity contribution in [1.29, 1.82) is 0 Å². The summed E-state index contributed by atoms with van der Waals surface area (Å²) in [6, 6.07) is 6.06. The van der Waals surface area contributed by atoms with Gasteiger partial charge in [0.15, 0.2) is 0 Å². The minimum atomic E-state index is -0.731. The van der Waals surface area contributed by atoms with E-state index in [4.69, 9.17) is 4.74 Å². The second-order valence-electron chi connectivity index (χ2n) is 5.80. The van der Waals surface area contributed by atoms with Crippen LogP contribution < -0.4 is 0 Å². The molecule has 2 rings (SSSR count). The first-order valence-electron chi connectivity index (χ1n) is 6.97. The normalized spacial score (nSPS) is 17.2. The van der Waals surface area contributed by atoms with Crippen molar-refractivity contribution in [3.05, 3.63) is 35.6 Å². The van der Waals surface area contributed by atoms with E-state index in [1.165, 1.54) is 18.6 Å². The summed E-state index contributed by atoms with van der Waals surface area (Å²) in [5.41, 5.74) is 0.0558. The maximum Gasteiger partial charge on any atom is 0.316 e. The van der Waals surface area contributed by atoms with E-state index in [0.29, 0.717) is 0 Å². The summed E-state index contributed by atoms with van der Waals surface area (Å²) in [6.07, 6.45) is 5.48. The van der Waals surface area contributed by atoms with Crippen LogP contribution in [-0.2, 0) is 14.9 Å². The molecule has 0 heterocycles. The fourth-order valence-electron chi connectivity index (χ4n) is 2.47. The summed E-state index contributed by atoms with van der Waals surface area (Å²) in [4.78, 5) is 12.3. The Morgan fingerprint density at radius 3 is 2.32 bits per heavy atom.